The van der Waals surface area contributed by atoms with Gasteiger partial charge in [-0.15, -0.1) is 0 Å². The van der Waals surface area contributed by atoms with E-state index in [1.807, 2.05) is 24.8 Å². The Bertz CT molecular complexity index is 776. The summed E-state index contributed by atoms with van der Waals surface area (Å²) in [5.41, 5.74) is 2.77. The summed E-state index contributed by atoms with van der Waals surface area (Å²) in [6.07, 6.45) is 2.60. The van der Waals surface area contributed by atoms with Crippen molar-refractivity contribution in [1.82, 2.24) is 19.4 Å². The molecule has 0 radical (unpaired) electrons. The summed E-state index contributed by atoms with van der Waals surface area (Å²) >= 11 is 0. The summed E-state index contributed by atoms with van der Waals surface area (Å²) < 4.78 is 16.2. The molecular formula is C19H26FN5O. The maximum Gasteiger partial charge on any atom is 0.255 e. The van der Waals surface area contributed by atoms with Crippen molar-refractivity contribution in [2.24, 2.45) is 0 Å². The second kappa shape index (κ2) is 7.43. The number of rotatable bonds is 5. The van der Waals surface area contributed by atoms with Crippen LogP contribution in [-0.4, -0.2) is 57.7 Å². The van der Waals surface area contributed by atoms with Gasteiger partial charge >= 0.3 is 0 Å². The molecule has 3 heterocycles. The fraction of sp³-hybridized carbons (Fsp3) is 0.526. The van der Waals surface area contributed by atoms with Crippen molar-refractivity contribution in [1.29, 1.82) is 0 Å². The number of anilines is 1. The molecular weight excluding hydrogens is 333 g/mol. The van der Waals surface area contributed by atoms with E-state index in [4.69, 9.17) is 0 Å². The predicted molar refractivity (Wildman–Crippen MR) is 99.2 cm³/mol. The highest BCUT2D eigenvalue weighted by Gasteiger charge is 2.34. The van der Waals surface area contributed by atoms with Crippen molar-refractivity contribution in [2.75, 3.05) is 25.0 Å². The molecule has 1 aliphatic rings. The molecule has 0 bridgehead atoms. The Morgan fingerprint density at radius 1 is 1.42 bits per heavy atom. The zero-order chi connectivity index (χ0) is 18.8. The van der Waals surface area contributed by atoms with Crippen molar-refractivity contribution in [2.45, 2.75) is 46.0 Å². The fourth-order valence-corrected chi connectivity index (χ4v) is 3.88. The SMILES string of the molecule is CCn1c(C)cc(C(=O)N(C)C[C@@H]2C[C@H](F)CN2c2ccncn2)c1C. The molecule has 0 N–H and O–H groups in total. The molecule has 1 fully saturated rings. The second-order valence-corrected chi connectivity index (χ2v) is 6.92. The van der Waals surface area contributed by atoms with Gasteiger partial charge in [0.2, 0.25) is 0 Å². The molecule has 2 aromatic heterocycles. The zero-order valence-electron chi connectivity index (χ0n) is 15.8. The van der Waals surface area contributed by atoms with Crippen LogP contribution in [0.1, 0.15) is 35.1 Å². The van der Waals surface area contributed by atoms with Gasteiger partial charge in [-0.25, -0.2) is 14.4 Å². The maximum atomic E-state index is 14.1. The highest BCUT2D eigenvalue weighted by molar-refractivity contribution is 5.95. The summed E-state index contributed by atoms with van der Waals surface area (Å²) in [5.74, 6) is 0.679. The molecule has 140 valence electrons. The molecule has 2 aromatic rings. The lowest BCUT2D eigenvalue weighted by Crippen LogP contribution is -2.41. The van der Waals surface area contributed by atoms with Gasteiger partial charge < -0.3 is 14.4 Å². The molecule has 0 spiro atoms. The number of carbonyl (C=O) groups excluding carboxylic acids is 1. The number of aromatic nitrogens is 3. The summed E-state index contributed by atoms with van der Waals surface area (Å²) in [6.45, 7) is 7.64. The zero-order valence-corrected chi connectivity index (χ0v) is 15.8. The Labute approximate surface area is 153 Å². The molecule has 7 heteroatoms. The lowest BCUT2D eigenvalue weighted by atomic mass is 10.1. The van der Waals surface area contributed by atoms with Gasteiger partial charge in [0.15, 0.2) is 0 Å². The van der Waals surface area contributed by atoms with Crippen LogP contribution in [0.4, 0.5) is 10.2 Å². The molecule has 1 aliphatic heterocycles. The Hall–Kier alpha value is -2.44. The number of hydrogen-bond donors (Lipinski definition) is 0. The van der Waals surface area contributed by atoms with Crippen molar-refractivity contribution in [3.8, 4) is 0 Å². The number of halogens is 1. The Morgan fingerprint density at radius 2 is 2.19 bits per heavy atom. The third-order valence-electron chi connectivity index (χ3n) is 5.18. The molecule has 6 nitrogen and oxygen atoms in total. The van der Waals surface area contributed by atoms with Crippen LogP contribution in [0.2, 0.25) is 0 Å². The first-order valence-electron chi connectivity index (χ1n) is 9.01. The van der Waals surface area contributed by atoms with Gasteiger partial charge in [0, 0.05) is 44.1 Å². The quantitative estimate of drug-likeness (QED) is 0.823. The van der Waals surface area contributed by atoms with Crippen LogP contribution in [0.15, 0.2) is 24.7 Å². The topological polar surface area (TPSA) is 54.3 Å². The maximum absolute atomic E-state index is 14.1. The first kappa shape index (κ1) is 18.4. The average Bonchev–Trinajstić information content (AvgIpc) is 3.13. The molecule has 26 heavy (non-hydrogen) atoms. The Morgan fingerprint density at radius 3 is 2.81 bits per heavy atom. The highest BCUT2D eigenvalue weighted by atomic mass is 19.1. The highest BCUT2D eigenvalue weighted by Crippen LogP contribution is 2.26. The van der Waals surface area contributed by atoms with Crippen LogP contribution in [0, 0.1) is 13.8 Å². The second-order valence-electron chi connectivity index (χ2n) is 6.92. The van der Waals surface area contributed by atoms with Crippen molar-refractivity contribution in [3.63, 3.8) is 0 Å². The van der Waals surface area contributed by atoms with Crippen molar-refractivity contribution in [3.05, 3.63) is 41.6 Å². The van der Waals surface area contributed by atoms with E-state index in [0.717, 1.165) is 23.5 Å². The minimum Gasteiger partial charge on any atom is -0.349 e. The number of carbonyl (C=O) groups is 1. The predicted octanol–water partition coefficient (Wildman–Crippen LogP) is 2.60. The molecule has 0 aromatic carbocycles. The van der Waals surface area contributed by atoms with E-state index in [0.29, 0.717) is 25.3 Å². The third kappa shape index (κ3) is 3.43. The van der Waals surface area contributed by atoms with E-state index in [-0.39, 0.29) is 11.9 Å². The van der Waals surface area contributed by atoms with Crippen molar-refractivity contribution >= 4 is 11.7 Å². The molecule has 3 rings (SSSR count). The number of hydrogen-bond acceptors (Lipinski definition) is 4. The summed E-state index contributed by atoms with van der Waals surface area (Å²) in [5, 5.41) is 0. The van der Waals surface area contributed by atoms with Crippen LogP contribution in [-0.2, 0) is 6.54 Å². The lowest BCUT2D eigenvalue weighted by Gasteiger charge is -2.29. The van der Waals surface area contributed by atoms with Crippen LogP contribution in [0.3, 0.4) is 0 Å². The number of aryl methyl sites for hydroxylation is 1. The molecule has 0 saturated carbocycles. The minimum atomic E-state index is -0.913. The van der Waals surface area contributed by atoms with Gasteiger partial charge in [0.05, 0.1) is 18.2 Å². The molecule has 2 atom stereocenters. The number of alkyl halides is 1. The van der Waals surface area contributed by atoms with Crippen LogP contribution >= 0.6 is 0 Å². The van der Waals surface area contributed by atoms with Crippen LogP contribution in [0.5, 0.6) is 0 Å². The smallest absolute Gasteiger partial charge is 0.255 e. The summed E-state index contributed by atoms with van der Waals surface area (Å²) in [4.78, 5) is 24.7. The van der Waals surface area contributed by atoms with Gasteiger partial charge in [-0.05, 0) is 32.9 Å². The number of likely N-dealkylation sites (N-methyl/N-ethyl adjacent to an activating group) is 1. The Kier molecular flexibility index (Phi) is 5.25. The monoisotopic (exact) mass is 359 g/mol. The largest absolute Gasteiger partial charge is 0.349 e. The van der Waals surface area contributed by atoms with Gasteiger partial charge in [-0.1, -0.05) is 0 Å². The van der Waals surface area contributed by atoms with E-state index >= 15 is 0 Å². The number of amides is 1. The van der Waals surface area contributed by atoms with Gasteiger partial charge in [0.1, 0.15) is 18.3 Å². The normalized spacial score (nSPS) is 19.8. The fourth-order valence-electron chi connectivity index (χ4n) is 3.88. The van der Waals surface area contributed by atoms with Gasteiger partial charge in [-0.2, -0.15) is 0 Å². The molecule has 0 unspecified atom stereocenters. The molecule has 1 saturated heterocycles. The standard InChI is InChI=1S/C19H26FN5O/c1-5-24-13(2)8-17(14(24)3)19(26)23(4)11-16-9-15(20)10-25(16)18-6-7-21-12-22-18/h6-8,12,15-16H,5,9-11H2,1-4H3/t15-,16-/m0/s1. The van der Waals surface area contributed by atoms with E-state index in [2.05, 4.69) is 21.5 Å². The Balaban J connectivity index is 1.76. The van der Waals surface area contributed by atoms with Gasteiger partial charge in [-0.3, -0.25) is 4.79 Å². The van der Waals surface area contributed by atoms with Crippen LogP contribution in [0.25, 0.3) is 0 Å². The van der Waals surface area contributed by atoms with Crippen molar-refractivity contribution < 1.29 is 9.18 Å². The average molecular weight is 359 g/mol. The van der Waals surface area contributed by atoms with E-state index in [1.165, 1.54) is 6.33 Å². The van der Waals surface area contributed by atoms with Crippen LogP contribution < -0.4 is 4.90 Å². The summed E-state index contributed by atoms with van der Waals surface area (Å²) in [6, 6.07) is 3.62. The van der Waals surface area contributed by atoms with E-state index in [1.54, 1.807) is 24.2 Å². The van der Waals surface area contributed by atoms with Gasteiger partial charge in [0.25, 0.3) is 5.91 Å². The molecule has 0 aliphatic carbocycles. The summed E-state index contributed by atoms with van der Waals surface area (Å²) in [7, 11) is 1.78. The molecule has 1 amide bonds. The first-order valence-corrected chi connectivity index (χ1v) is 9.01. The van der Waals surface area contributed by atoms with E-state index < -0.39 is 6.17 Å². The lowest BCUT2D eigenvalue weighted by molar-refractivity contribution is 0.0785. The number of nitrogens with zero attached hydrogens (tertiary/aromatic N) is 5. The minimum absolute atomic E-state index is 0.0252. The van der Waals surface area contributed by atoms with E-state index in [9.17, 15) is 9.18 Å². The first-order chi connectivity index (χ1) is 12.4. The third-order valence-corrected chi connectivity index (χ3v) is 5.18.